The number of fused-ring (bicyclic) bond motifs is 1. The predicted molar refractivity (Wildman–Crippen MR) is 78.4 cm³/mol. The van der Waals surface area contributed by atoms with Gasteiger partial charge >= 0.3 is 0 Å². The van der Waals surface area contributed by atoms with Gasteiger partial charge in [-0.3, -0.25) is 9.20 Å². The molecule has 0 aliphatic heterocycles. The van der Waals surface area contributed by atoms with Crippen LogP contribution in [0.1, 0.15) is 17.0 Å². The maximum absolute atomic E-state index is 12.1. The standard InChI is InChI=1S/C14H13N3OS/c1-10-12(6-5-11-4-3-7-16(11)2)15-14-17(13(10)18)8-9-19-14/h3-9H,1-2H3. The Balaban J connectivity index is 2.11. The van der Waals surface area contributed by atoms with Crippen LogP contribution < -0.4 is 5.56 Å². The van der Waals surface area contributed by atoms with E-state index in [1.54, 1.807) is 10.6 Å². The molecule has 0 saturated carbocycles. The average Bonchev–Trinajstić information content (AvgIpc) is 3.01. The quantitative estimate of drug-likeness (QED) is 0.718. The van der Waals surface area contributed by atoms with Gasteiger partial charge in [0.2, 0.25) is 0 Å². The van der Waals surface area contributed by atoms with Gasteiger partial charge in [-0.05, 0) is 31.2 Å². The Kier molecular flexibility index (Phi) is 2.83. The summed E-state index contributed by atoms with van der Waals surface area (Å²) in [4.78, 5) is 17.4. The van der Waals surface area contributed by atoms with E-state index in [0.717, 1.165) is 16.3 Å². The number of hydrogen-bond donors (Lipinski definition) is 0. The Morgan fingerprint density at radius 2 is 2.16 bits per heavy atom. The summed E-state index contributed by atoms with van der Waals surface area (Å²) in [7, 11) is 1.98. The summed E-state index contributed by atoms with van der Waals surface area (Å²) in [6.07, 6.45) is 7.61. The molecular formula is C14H13N3OS. The lowest BCUT2D eigenvalue weighted by Gasteiger charge is -2.01. The summed E-state index contributed by atoms with van der Waals surface area (Å²) in [5, 5.41) is 1.87. The number of nitrogens with zero attached hydrogens (tertiary/aromatic N) is 3. The molecule has 5 heteroatoms. The number of aryl methyl sites for hydroxylation is 1. The second kappa shape index (κ2) is 4.51. The largest absolute Gasteiger partial charge is 0.351 e. The Morgan fingerprint density at radius 3 is 2.89 bits per heavy atom. The van der Waals surface area contributed by atoms with Gasteiger partial charge in [-0.1, -0.05) is 0 Å². The highest BCUT2D eigenvalue weighted by Crippen LogP contribution is 2.12. The van der Waals surface area contributed by atoms with Gasteiger partial charge in [0.15, 0.2) is 4.96 Å². The smallest absolute Gasteiger partial charge is 0.262 e. The third-order valence-electron chi connectivity index (χ3n) is 3.13. The predicted octanol–water partition coefficient (Wildman–Crippen LogP) is 2.57. The van der Waals surface area contributed by atoms with E-state index >= 15 is 0 Å². The molecule has 3 aromatic heterocycles. The van der Waals surface area contributed by atoms with Gasteiger partial charge in [-0.25, -0.2) is 4.98 Å². The minimum atomic E-state index is -0.00205. The first-order valence-electron chi connectivity index (χ1n) is 5.92. The summed E-state index contributed by atoms with van der Waals surface area (Å²) in [5.41, 5.74) is 2.47. The van der Waals surface area contributed by atoms with Crippen molar-refractivity contribution in [3.63, 3.8) is 0 Å². The van der Waals surface area contributed by atoms with E-state index in [1.165, 1.54) is 11.3 Å². The molecule has 0 aromatic carbocycles. The molecule has 0 bridgehead atoms. The van der Waals surface area contributed by atoms with E-state index in [9.17, 15) is 4.79 Å². The second-order valence-electron chi connectivity index (χ2n) is 4.36. The zero-order valence-corrected chi connectivity index (χ0v) is 11.5. The van der Waals surface area contributed by atoms with E-state index in [2.05, 4.69) is 4.98 Å². The molecule has 0 unspecified atom stereocenters. The van der Waals surface area contributed by atoms with Gasteiger partial charge in [0, 0.05) is 36.1 Å². The molecule has 3 heterocycles. The summed E-state index contributed by atoms with van der Waals surface area (Å²) < 4.78 is 3.60. The summed E-state index contributed by atoms with van der Waals surface area (Å²) in [6.45, 7) is 1.81. The molecule has 3 aromatic rings. The Morgan fingerprint density at radius 1 is 1.32 bits per heavy atom. The van der Waals surface area contributed by atoms with Crippen LogP contribution in [0, 0.1) is 6.92 Å². The Bertz CT molecular complexity index is 823. The molecule has 4 nitrogen and oxygen atoms in total. The van der Waals surface area contributed by atoms with Crippen LogP contribution in [-0.4, -0.2) is 14.0 Å². The second-order valence-corrected chi connectivity index (χ2v) is 5.23. The first-order valence-corrected chi connectivity index (χ1v) is 6.80. The number of rotatable bonds is 2. The minimum Gasteiger partial charge on any atom is -0.351 e. The number of hydrogen-bond acceptors (Lipinski definition) is 3. The van der Waals surface area contributed by atoms with Gasteiger partial charge in [-0.15, -0.1) is 11.3 Å². The van der Waals surface area contributed by atoms with Gasteiger partial charge in [0.05, 0.1) is 5.69 Å². The maximum Gasteiger partial charge on any atom is 0.262 e. The molecule has 0 amide bonds. The fourth-order valence-corrected chi connectivity index (χ4v) is 2.67. The van der Waals surface area contributed by atoms with Gasteiger partial charge < -0.3 is 4.57 Å². The van der Waals surface area contributed by atoms with Gasteiger partial charge in [0.1, 0.15) is 0 Å². The zero-order chi connectivity index (χ0) is 13.4. The number of thiazole rings is 1. The molecule has 0 aliphatic carbocycles. The maximum atomic E-state index is 12.1. The highest BCUT2D eigenvalue weighted by molar-refractivity contribution is 7.15. The highest BCUT2D eigenvalue weighted by Gasteiger charge is 2.07. The van der Waals surface area contributed by atoms with E-state index in [-0.39, 0.29) is 5.56 Å². The molecule has 19 heavy (non-hydrogen) atoms. The summed E-state index contributed by atoms with van der Waals surface area (Å²) >= 11 is 1.46. The lowest BCUT2D eigenvalue weighted by Crippen LogP contribution is -2.17. The fraction of sp³-hybridized carbons (Fsp3) is 0.143. The first kappa shape index (κ1) is 11.9. The normalized spacial score (nSPS) is 11.7. The van der Waals surface area contributed by atoms with Crippen LogP contribution in [-0.2, 0) is 7.05 Å². The summed E-state index contributed by atoms with van der Waals surface area (Å²) in [5.74, 6) is 0. The zero-order valence-electron chi connectivity index (χ0n) is 10.7. The topological polar surface area (TPSA) is 39.3 Å². The van der Waals surface area contributed by atoms with Gasteiger partial charge in [0.25, 0.3) is 5.56 Å². The van der Waals surface area contributed by atoms with Crippen LogP contribution in [0.5, 0.6) is 0 Å². The highest BCUT2D eigenvalue weighted by atomic mass is 32.1. The monoisotopic (exact) mass is 271 g/mol. The third kappa shape index (κ3) is 2.02. The van der Waals surface area contributed by atoms with E-state index < -0.39 is 0 Å². The van der Waals surface area contributed by atoms with Crippen molar-refractivity contribution in [2.75, 3.05) is 0 Å². The van der Waals surface area contributed by atoms with Crippen molar-refractivity contribution in [1.29, 1.82) is 0 Å². The van der Waals surface area contributed by atoms with E-state index in [1.807, 2.05) is 54.4 Å². The first-order chi connectivity index (χ1) is 9.16. The Hall–Kier alpha value is -2.14. The molecule has 0 fully saturated rings. The van der Waals surface area contributed by atoms with Crippen molar-refractivity contribution in [3.8, 4) is 0 Å². The van der Waals surface area contributed by atoms with Crippen LogP contribution in [0.2, 0.25) is 0 Å². The van der Waals surface area contributed by atoms with Crippen molar-refractivity contribution in [2.45, 2.75) is 6.92 Å². The molecule has 0 saturated heterocycles. The molecule has 0 aliphatic rings. The number of aromatic nitrogens is 3. The molecule has 0 N–H and O–H groups in total. The van der Waals surface area contributed by atoms with Crippen molar-refractivity contribution in [2.24, 2.45) is 7.05 Å². The van der Waals surface area contributed by atoms with Crippen molar-refractivity contribution in [3.05, 3.63) is 57.2 Å². The van der Waals surface area contributed by atoms with Crippen LogP contribution in [0.15, 0.2) is 34.7 Å². The summed E-state index contributed by atoms with van der Waals surface area (Å²) in [6, 6.07) is 4.00. The van der Waals surface area contributed by atoms with Crippen LogP contribution in [0.25, 0.3) is 17.1 Å². The molecular weight excluding hydrogens is 258 g/mol. The lowest BCUT2D eigenvalue weighted by atomic mass is 10.2. The Labute approximate surface area is 114 Å². The third-order valence-corrected chi connectivity index (χ3v) is 3.88. The minimum absolute atomic E-state index is 0.00205. The molecule has 0 atom stereocenters. The van der Waals surface area contributed by atoms with Crippen LogP contribution in [0.3, 0.4) is 0 Å². The van der Waals surface area contributed by atoms with Crippen molar-refractivity contribution < 1.29 is 0 Å². The van der Waals surface area contributed by atoms with Crippen LogP contribution in [0.4, 0.5) is 0 Å². The van der Waals surface area contributed by atoms with Crippen LogP contribution >= 0.6 is 11.3 Å². The average molecular weight is 271 g/mol. The van der Waals surface area contributed by atoms with Crippen molar-refractivity contribution in [1.82, 2.24) is 14.0 Å². The fourth-order valence-electron chi connectivity index (χ4n) is 1.96. The van der Waals surface area contributed by atoms with E-state index in [4.69, 9.17) is 0 Å². The lowest BCUT2D eigenvalue weighted by molar-refractivity contribution is 0.915. The molecule has 0 radical (unpaired) electrons. The molecule has 0 spiro atoms. The SMILES string of the molecule is Cc1c(C=Cc2cccn2C)nc2sccn2c1=O. The molecule has 96 valence electrons. The molecule has 3 rings (SSSR count). The van der Waals surface area contributed by atoms with Crippen molar-refractivity contribution >= 4 is 28.4 Å². The van der Waals surface area contributed by atoms with E-state index in [0.29, 0.717) is 5.56 Å². The van der Waals surface area contributed by atoms with Gasteiger partial charge in [-0.2, -0.15) is 0 Å².